The topological polar surface area (TPSA) is 21.8 Å². The van der Waals surface area contributed by atoms with Gasteiger partial charge < -0.3 is 9.47 Å². The molecule has 17 heavy (non-hydrogen) atoms. The highest BCUT2D eigenvalue weighted by atomic mass is 16.5. The molecular weight excluding hydrogens is 212 g/mol. The van der Waals surface area contributed by atoms with Crippen LogP contribution in [0, 0.1) is 0 Å². The Hall–Kier alpha value is -2.22. The molecule has 1 heterocycles. The van der Waals surface area contributed by atoms with Crippen molar-refractivity contribution in [3.05, 3.63) is 72.0 Å². The molecule has 0 saturated heterocycles. The molecule has 0 radical (unpaired) electrons. The van der Waals surface area contributed by atoms with Crippen molar-refractivity contribution in [3.8, 4) is 5.75 Å². The Labute approximate surface area is 100 Å². The zero-order chi connectivity index (χ0) is 11.5. The lowest BCUT2D eigenvalue weighted by Gasteiger charge is -2.06. The van der Waals surface area contributed by atoms with E-state index in [9.17, 15) is 0 Å². The Kier molecular flexibility index (Phi) is 2.54. The average molecular weight is 224 g/mol. The molecule has 2 nitrogen and oxygen atoms in total. The largest absolute Gasteiger partial charge is 0.489 e. The molecule has 0 unspecified atom stereocenters. The van der Waals surface area contributed by atoms with Crippen LogP contribution in [0.3, 0.4) is 0 Å². The summed E-state index contributed by atoms with van der Waals surface area (Å²) in [5.74, 6) is 1.82. The molecule has 2 heteroatoms. The van der Waals surface area contributed by atoms with Gasteiger partial charge in [0.15, 0.2) is 5.76 Å². The quantitative estimate of drug-likeness (QED) is 0.791. The second kappa shape index (κ2) is 4.34. The summed E-state index contributed by atoms with van der Waals surface area (Å²) >= 11 is 0. The standard InChI is InChI=1S/C15H12O2/c1-2-4-12(5-3-1)10-16-14-8-6-13(7-9-14)15-11-17-15/h1-9,11H,10H2. The van der Waals surface area contributed by atoms with Crippen LogP contribution < -0.4 is 4.74 Å². The summed E-state index contributed by atoms with van der Waals surface area (Å²) in [5.41, 5.74) is 2.27. The molecule has 0 aliphatic carbocycles. The second-order valence-corrected chi connectivity index (χ2v) is 3.90. The maximum atomic E-state index is 5.69. The van der Waals surface area contributed by atoms with E-state index in [1.165, 1.54) is 5.56 Å². The van der Waals surface area contributed by atoms with Gasteiger partial charge in [-0.05, 0) is 29.8 Å². The molecule has 0 amide bonds. The highest BCUT2D eigenvalue weighted by Crippen LogP contribution is 2.28. The molecule has 0 saturated carbocycles. The summed E-state index contributed by atoms with van der Waals surface area (Å²) in [6.45, 7) is 0.597. The third-order valence-electron chi connectivity index (χ3n) is 2.62. The van der Waals surface area contributed by atoms with Crippen molar-refractivity contribution in [2.75, 3.05) is 0 Å². The fourth-order valence-electron chi connectivity index (χ4n) is 1.62. The number of rotatable bonds is 4. The van der Waals surface area contributed by atoms with Gasteiger partial charge in [-0.1, -0.05) is 30.3 Å². The van der Waals surface area contributed by atoms with Gasteiger partial charge in [0.25, 0.3) is 0 Å². The van der Waals surface area contributed by atoms with Gasteiger partial charge in [-0.15, -0.1) is 0 Å². The lowest BCUT2D eigenvalue weighted by Crippen LogP contribution is -1.94. The molecule has 0 bridgehead atoms. The Bertz CT molecular complexity index is 527. The molecule has 0 N–H and O–H groups in total. The zero-order valence-electron chi connectivity index (χ0n) is 9.30. The minimum Gasteiger partial charge on any atom is -0.489 e. The van der Waals surface area contributed by atoms with Crippen LogP contribution in [-0.2, 0) is 11.3 Å². The predicted molar refractivity (Wildman–Crippen MR) is 66.3 cm³/mol. The smallest absolute Gasteiger partial charge is 0.168 e. The van der Waals surface area contributed by atoms with Crippen LogP contribution in [0.1, 0.15) is 11.1 Å². The lowest BCUT2D eigenvalue weighted by molar-refractivity contribution is 0.306. The molecule has 2 aromatic carbocycles. The van der Waals surface area contributed by atoms with Gasteiger partial charge in [0, 0.05) is 5.56 Å². The van der Waals surface area contributed by atoms with Crippen LogP contribution in [0.25, 0.3) is 5.76 Å². The fraction of sp³-hybridized carbons (Fsp3) is 0.0667. The van der Waals surface area contributed by atoms with Gasteiger partial charge in [0.1, 0.15) is 18.6 Å². The van der Waals surface area contributed by atoms with Crippen molar-refractivity contribution in [3.63, 3.8) is 0 Å². The van der Waals surface area contributed by atoms with Crippen LogP contribution >= 0.6 is 0 Å². The minimum atomic E-state index is 0.597. The van der Waals surface area contributed by atoms with Gasteiger partial charge in [0.2, 0.25) is 0 Å². The van der Waals surface area contributed by atoms with Crippen molar-refractivity contribution in [1.29, 1.82) is 0 Å². The van der Waals surface area contributed by atoms with Crippen LogP contribution in [0.2, 0.25) is 0 Å². The summed E-state index contributed by atoms with van der Waals surface area (Å²) in [7, 11) is 0. The first kappa shape index (κ1) is 9.97. The van der Waals surface area contributed by atoms with Gasteiger partial charge in [-0.2, -0.15) is 0 Å². The average Bonchev–Trinajstić information content (AvgIpc) is 3.23. The monoisotopic (exact) mass is 224 g/mol. The van der Waals surface area contributed by atoms with Crippen molar-refractivity contribution in [2.24, 2.45) is 0 Å². The van der Waals surface area contributed by atoms with Crippen LogP contribution in [0.4, 0.5) is 0 Å². The SMILES string of the molecule is C1=C(c2ccc(OCc3ccccc3)cc2)O1. The molecule has 2 aromatic rings. The van der Waals surface area contributed by atoms with Gasteiger partial charge in [-0.25, -0.2) is 0 Å². The molecule has 0 atom stereocenters. The first-order valence-electron chi connectivity index (χ1n) is 5.56. The molecule has 0 spiro atoms. The highest BCUT2D eigenvalue weighted by molar-refractivity contribution is 5.67. The third kappa shape index (κ3) is 2.48. The highest BCUT2D eigenvalue weighted by Gasteiger charge is 2.12. The molecule has 1 aliphatic heterocycles. The Morgan fingerprint density at radius 3 is 2.24 bits per heavy atom. The van der Waals surface area contributed by atoms with E-state index in [4.69, 9.17) is 9.47 Å². The Morgan fingerprint density at radius 1 is 0.882 bits per heavy atom. The summed E-state index contributed by atoms with van der Waals surface area (Å²) < 4.78 is 10.7. The van der Waals surface area contributed by atoms with Crippen LogP contribution in [-0.4, -0.2) is 0 Å². The van der Waals surface area contributed by atoms with E-state index in [1.807, 2.05) is 42.5 Å². The Balaban J connectivity index is 1.63. The summed E-state index contributed by atoms with van der Waals surface area (Å²) in [4.78, 5) is 0. The van der Waals surface area contributed by atoms with Crippen LogP contribution in [0.5, 0.6) is 5.75 Å². The molecular formula is C15H12O2. The molecule has 1 aliphatic rings. The first-order chi connectivity index (χ1) is 8.42. The first-order valence-corrected chi connectivity index (χ1v) is 5.56. The summed E-state index contributed by atoms with van der Waals surface area (Å²) in [5, 5.41) is 0. The molecule has 84 valence electrons. The normalized spacial score (nSPS) is 12.6. The summed E-state index contributed by atoms with van der Waals surface area (Å²) in [6, 6.07) is 18.0. The Morgan fingerprint density at radius 2 is 1.59 bits per heavy atom. The van der Waals surface area contributed by atoms with Crippen molar-refractivity contribution in [1.82, 2.24) is 0 Å². The van der Waals surface area contributed by atoms with Crippen molar-refractivity contribution >= 4 is 5.76 Å². The van der Waals surface area contributed by atoms with Crippen molar-refractivity contribution < 1.29 is 9.47 Å². The van der Waals surface area contributed by atoms with Crippen molar-refractivity contribution in [2.45, 2.75) is 6.61 Å². The van der Waals surface area contributed by atoms with E-state index in [0.717, 1.165) is 17.1 Å². The third-order valence-corrected chi connectivity index (χ3v) is 2.62. The number of ether oxygens (including phenoxy) is 2. The number of benzene rings is 2. The maximum absolute atomic E-state index is 5.69. The maximum Gasteiger partial charge on any atom is 0.168 e. The molecule has 0 aromatic heterocycles. The summed E-state index contributed by atoms with van der Waals surface area (Å²) in [6.07, 6.45) is 1.74. The van der Waals surface area contributed by atoms with E-state index >= 15 is 0 Å². The second-order valence-electron chi connectivity index (χ2n) is 3.90. The van der Waals surface area contributed by atoms with E-state index in [-0.39, 0.29) is 0 Å². The van der Waals surface area contributed by atoms with E-state index in [0.29, 0.717) is 6.61 Å². The van der Waals surface area contributed by atoms with E-state index in [2.05, 4.69) is 12.1 Å². The van der Waals surface area contributed by atoms with Gasteiger partial charge in [0.05, 0.1) is 0 Å². The minimum absolute atomic E-state index is 0.597. The number of hydrogen-bond acceptors (Lipinski definition) is 2. The molecule has 0 fully saturated rings. The number of hydrogen-bond donors (Lipinski definition) is 0. The van der Waals surface area contributed by atoms with E-state index in [1.54, 1.807) is 6.26 Å². The zero-order valence-corrected chi connectivity index (χ0v) is 9.30. The predicted octanol–water partition coefficient (Wildman–Crippen LogP) is 3.59. The fourth-order valence-corrected chi connectivity index (χ4v) is 1.62. The van der Waals surface area contributed by atoms with Crippen LogP contribution in [0.15, 0.2) is 60.9 Å². The van der Waals surface area contributed by atoms with E-state index < -0.39 is 0 Å². The van der Waals surface area contributed by atoms with Gasteiger partial charge in [-0.3, -0.25) is 0 Å². The lowest BCUT2D eigenvalue weighted by atomic mass is 10.2. The van der Waals surface area contributed by atoms with Gasteiger partial charge >= 0.3 is 0 Å². The molecule has 3 rings (SSSR count).